The minimum absolute atomic E-state index is 0.0549. The van der Waals surface area contributed by atoms with Crippen LogP contribution in [-0.2, 0) is 11.2 Å². The van der Waals surface area contributed by atoms with Crippen LogP contribution in [-0.4, -0.2) is 15.3 Å². The van der Waals surface area contributed by atoms with Gasteiger partial charge in [-0.3, -0.25) is 14.2 Å². The molecule has 0 aliphatic rings. The molecule has 0 N–H and O–H groups in total. The van der Waals surface area contributed by atoms with Crippen LogP contribution < -0.4 is 5.56 Å². The SMILES string of the molecule is CCc1nc2c(F)cc(/C=C/C(C)=O)cc2c(=O)n1-c1c(C)cccc1C. The molecule has 1 heterocycles. The second-order valence-corrected chi connectivity index (χ2v) is 6.61. The summed E-state index contributed by atoms with van der Waals surface area (Å²) in [6, 6.07) is 8.67. The van der Waals surface area contributed by atoms with Crippen molar-refractivity contribution in [3.05, 3.63) is 75.1 Å². The molecule has 0 unspecified atom stereocenters. The van der Waals surface area contributed by atoms with E-state index in [2.05, 4.69) is 4.98 Å². The van der Waals surface area contributed by atoms with Crippen molar-refractivity contribution in [3.63, 3.8) is 0 Å². The molecule has 138 valence electrons. The van der Waals surface area contributed by atoms with Gasteiger partial charge in [-0.2, -0.15) is 0 Å². The number of hydrogen-bond acceptors (Lipinski definition) is 3. The molecule has 3 aromatic rings. The number of allylic oxidation sites excluding steroid dienone is 1. The Morgan fingerprint density at radius 1 is 1.22 bits per heavy atom. The fourth-order valence-electron chi connectivity index (χ4n) is 3.25. The molecule has 2 aromatic carbocycles. The standard InChI is InChI=1S/C22H21FN2O2/c1-5-19-24-20-17(11-16(12-18(20)23)10-9-15(4)26)22(27)25(19)21-13(2)7-6-8-14(21)3/h6-12H,5H2,1-4H3/b10-9+. The van der Waals surface area contributed by atoms with E-state index < -0.39 is 5.82 Å². The fraction of sp³-hybridized carbons (Fsp3) is 0.227. The number of hydrogen-bond donors (Lipinski definition) is 0. The van der Waals surface area contributed by atoms with Crippen LogP contribution in [0.25, 0.3) is 22.7 Å². The van der Waals surface area contributed by atoms with Gasteiger partial charge >= 0.3 is 0 Å². The van der Waals surface area contributed by atoms with Gasteiger partial charge in [0.25, 0.3) is 5.56 Å². The lowest BCUT2D eigenvalue weighted by Crippen LogP contribution is -2.25. The minimum atomic E-state index is -0.573. The minimum Gasteiger partial charge on any atom is -0.295 e. The second-order valence-electron chi connectivity index (χ2n) is 6.61. The largest absolute Gasteiger partial charge is 0.295 e. The van der Waals surface area contributed by atoms with Gasteiger partial charge in [0, 0.05) is 6.42 Å². The van der Waals surface area contributed by atoms with Crippen molar-refractivity contribution in [3.8, 4) is 5.69 Å². The first kappa shape index (κ1) is 18.7. The Morgan fingerprint density at radius 3 is 2.48 bits per heavy atom. The molecule has 5 heteroatoms. The van der Waals surface area contributed by atoms with Crippen molar-refractivity contribution in [2.45, 2.75) is 34.1 Å². The Bertz CT molecular complexity index is 1120. The molecule has 1 aromatic heterocycles. The molecule has 4 nitrogen and oxygen atoms in total. The molecular formula is C22H21FN2O2. The highest BCUT2D eigenvalue weighted by molar-refractivity contribution is 5.92. The van der Waals surface area contributed by atoms with E-state index in [9.17, 15) is 14.0 Å². The summed E-state index contributed by atoms with van der Waals surface area (Å²) in [6.07, 6.45) is 3.34. The predicted molar refractivity (Wildman–Crippen MR) is 106 cm³/mol. The summed E-state index contributed by atoms with van der Waals surface area (Å²) >= 11 is 0. The zero-order chi connectivity index (χ0) is 19.7. The van der Waals surface area contributed by atoms with Crippen molar-refractivity contribution in [1.29, 1.82) is 0 Å². The highest BCUT2D eigenvalue weighted by Gasteiger charge is 2.17. The van der Waals surface area contributed by atoms with Gasteiger partial charge in [0.05, 0.1) is 11.1 Å². The van der Waals surface area contributed by atoms with Crippen LogP contribution in [0, 0.1) is 19.7 Å². The summed E-state index contributed by atoms with van der Waals surface area (Å²) in [6.45, 7) is 7.17. The summed E-state index contributed by atoms with van der Waals surface area (Å²) in [4.78, 5) is 28.9. The molecule has 0 aliphatic heterocycles. The summed E-state index contributed by atoms with van der Waals surface area (Å²) in [5.74, 6) is -0.213. The highest BCUT2D eigenvalue weighted by atomic mass is 19.1. The highest BCUT2D eigenvalue weighted by Crippen LogP contribution is 2.22. The number of aromatic nitrogens is 2. The van der Waals surface area contributed by atoms with Gasteiger partial charge in [-0.05, 0) is 55.7 Å². The number of para-hydroxylation sites is 1. The maximum Gasteiger partial charge on any atom is 0.266 e. The summed E-state index contributed by atoms with van der Waals surface area (Å²) in [7, 11) is 0. The molecule has 0 bridgehead atoms. The molecule has 3 rings (SSSR count). The Labute approximate surface area is 157 Å². The van der Waals surface area contributed by atoms with Gasteiger partial charge in [-0.25, -0.2) is 9.37 Å². The maximum atomic E-state index is 14.6. The predicted octanol–water partition coefficient (Wildman–Crippen LogP) is 4.31. The Hall–Kier alpha value is -3.08. The summed E-state index contributed by atoms with van der Waals surface area (Å²) in [5.41, 5.74) is 2.86. The monoisotopic (exact) mass is 364 g/mol. The molecule has 0 spiro atoms. The van der Waals surface area contributed by atoms with Crippen LogP contribution in [0.4, 0.5) is 4.39 Å². The first-order valence-electron chi connectivity index (χ1n) is 8.84. The van der Waals surface area contributed by atoms with Crippen molar-refractivity contribution in [1.82, 2.24) is 9.55 Å². The van der Waals surface area contributed by atoms with E-state index in [4.69, 9.17) is 0 Å². The average molecular weight is 364 g/mol. The number of nitrogens with zero attached hydrogens (tertiary/aromatic N) is 2. The van der Waals surface area contributed by atoms with Crippen LogP contribution in [0.3, 0.4) is 0 Å². The van der Waals surface area contributed by atoms with E-state index in [1.54, 1.807) is 10.6 Å². The molecular weight excluding hydrogens is 343 g/mol. The lowest BCUT2D eigenvalue weighted by atomic mass is 10.1. The lowest BCUT2D eigenvalue weighted by molar-refractivity contribution is -0.112. The molecule has 0 radical (unpaired) electrons. The van der Waals surface area contributed by atoms with E-state index in [1.807, 2.05) is 39.0 Å². The third kappa shape index (κ3) is 3.45. The average Bonchev–Trinajstić information content (AvgIpc) is 2.61. The van der Waals surface area contributed by atoms with Gasteiger partial charge in [-0.15, -0.1) is 0 Å². The quantitative estimate of drug-likeness (QED) is 0.649. The number of halogens is 1. The number of fused-ring (bicyclic) bond motifs is 1. The van der Waals surface area contributed by atoms with E-state index in [1.165, 1.54) is 25.1 Å². The van der Waals surface area contributed by atoms with Crippen LogP contribution in [0.1, 0.15) is 36.4 Å². The zero-order valence-electron chi connectivity index (χ0n) is 15.8. The Balaban J connectivity index is 2.40. The second kappa shape index (κ2) is 7.27. The Kier molecular flexibility index (Phi) is 5.04. The van der Waals surface area contributed by atoms with Crippen molar-refractivity contribution in [2.24, 2.45) is 0 Å². The fourth-order valence-corrected chi connectivity index (χ4v) is 3.25. The Morgan fingerprint density at radius 2 is 1.89 bits per heavy atom. The first-order valence-corrected chi connectivity index (χ1v) is 8.84. The number of carbonyl (C=O) groups is 1. The van der Waals surface area contributed by atoms with Gasteiger partial charge in [0.15, 0.2) is 5.78 Å². The molecule has 0 fully saturated rings. The van der Waals surface area contributed by atoms with E-state index in [0.29, 0.717) is 17.8 Å². The van der Waals surface area contributed by atoms with Gasteiger partial charge in [-0.1, -0.05) is 31.2 Å². The van der Waals surface area contributed by atoms with Crippen LogP contribution in [0.2, 0.25) is 0 Å². The summed E-state index contributed by atoms with van der Waals surface area (Å²) < 4.78 is 16.2. The smallest absolute Gasteiger partial charge is 0.266 e. The van der Waals surface area contributed by atoms with Crippen LogP contribution in [0.5, 0.6) is 0 Å². The van der Waals surface area contributed by atoms with Crippen molar-refractivity contribution < 1.29 is 9.18 Å². The van der Waals surface area contributed by atoms with Crippen molar-refractivity contribution in [2.75, 3.05) is 0 Å². The molecule has 0 amide bonds. The van der Waals surface area contributed by atoms with Gasteiger partial charge < -0.3 is 0 Å². The third-order valence-corrected chi connectivity index (χ3v) is 4.51. The van der Waals surface area contributed by atoms with Crippen molar-refractivity contribution >= 4 is 22.8 Å². The zero-order valence-corrected chi connectivity index (χ0v) is 15.8. The molecule has 0 aliphatic carbocycles. The van der Waals surface area contributed by atoms with Crippen LogP contribution in [0.15, 0.2) is 41.2 Å². The van der Waals surface area contributed by atoms with Crippen LogP contribution >= 0.6 is 0 Å². The van der Waals surface area contributed by atoms with Gasteiger partial charge in [0.1, 0.15) is 17.2 Å². The molecule has 0 saturated carbocycles. The number of carbonyl (C=O) groups excluding carboxylic acids is 1. The maximum absolute atomic E-state index is 14.6. The molecule has 0 saturated heterocycles. The molecule has 27 heavy (non-hydrogen) atoms. The molecule has 0 atom stereocenters. The first-order chi connectivity index (χ1) is 12.8. The normalized spacial score (nSPS) is 11.4. The number of aryl methyl sites for hydroxylation is 3. The van der Waals surface area contributed by atoms with E-state index in [0.717, 1.165) is 16.8 Å². The number of rotatable bonds is 4. The van der Waals surface area contributed by atoms with E-state index >= 15 is 0 Å². The lowest BCUT2D eigenvalue weighted by Gasteiger charge is -2.17. The summed E-state index contributed by atoms with van der Waals surface area (Å²) in [5, 5.41) is 0.193. The van der Waals surface area contributed by atoms with Gasteiger partial charge in [0.2, 0.25) is 0 Å². The number of ketones is 1. The number of benzene rings is 2. The third-order valence-electron chi connectivity index (χ3n) is 4.51. The van der Waals surface area contributed by atoms with E-state index in [-0.39, 0.29) is 22.2 Å². The topological polar surface area (TPSA) is 52.0 Å².